The van der Waals surface area contributed by atoms with Crippen molar-refractivity contribution >= 4 is 10.8 Å². The molecular formula is C15H16O3. The van der Waals surface area contributed by atoms with Crippen LogP contribution in [0.3, 0.4) is 0 Å². The van der Waals surface area contributed by atoms with Gasteiger partial charge in [0.15, 0.2) is 0 Å². The second kappa shape index (κ2) is 3.62. The van der Waals surface area contributed by atoms with Gasteiger partial charge in [-0.3, -0.25) is 0 Å². The summed E-state index contributed by atoms with van der Waals surface area (Å²) in [6, 6.07) is 7.74. The van der Waals surface area contributed by atoms with Gasteiger partial charge in [0.05, 0.1) is 0 Å². The maximum absolute atomic E-state index is 10.3. The average Bonchev–Trinajstić information content (AvgIpc) is 2.75. The van der Waals surface area contributed by atoms with E-state index in [1.165, 1.54) is 0 Å². The van der Waals surface area contributed by atoms with E-state index in [-0.39, 0.29) is 0 Å². The van der Waals surface area contributed by atoms with Crippen molar-refractivity contribution in [3.05, 3.63) is 35.4 Å². The van der Waals surface area contributed by atoms with Gasteiger partial charge in [-0.25, -0.2) is 0 Å². The third kappa shape index (κ3) is 1.40. The Labute approximate surface area is 106 Å². The van der Waals surface area contributed by atoms with Crippen LogP contribution < -0.4 is 4.74 Å². The Hall–Kier alpha value is -1.74. The highest BCUT2D eigenvalue weighted by Crippen LogP contribution is 2.46. The summed E-state index contributed by atoms with van der Waals surface area (Å²) >= 11 is 0. The minimum atomic E-state index is -0.635. The number of benzene rings is 2. The van der Waals surface area contributed by atoms with Crippen LogP contribution in [0.1, 0.15) is 18.1 Å². The van der Waals surface area contributed by atoms with E-state index >= 15 is 0 Å². The number of phenols is 1. The molecule has 1 atom stereocenters. The highest BCUT2D eigenvalue weighted by Gasteiger charge is 2.37. The second-order valence-corrected chi connectivity index (χ2v) is 4.94. The van der Waals surface area contributed by atoms with Crippen LogP contribution in [0.25, 0.3) is 10.8 Å². The fourth-order valence-electron chi connectivity index (χ4n) is 2.58. The molecule has 0 amide bonds. The molecule has 1 unspecified atom stereocenters. The zero-order valence-electron chi connectivity index (χ0n) is 10.8. The van der Waals surface area contributed by atoms with Gasteiger partial charge >= 0.3 is 0 Å². The molecule has 18 heavy (non-hydrogen) atoms. The third-order valence-corrected chi connectivity index (χ3v) is 3.76. The topological polar surface area (TPSA) is 38.7 Å². The molecule has 3 nitrogen and oxygen atoms in total. The molecule has 2 aromatic carbocycles. The normalized spacial score (nSPS) is 21.9. The van der Waals surface area contributed by atoms with Crippen molar-refractivity contribution in [3.8, 4) is 11.5 Å². The van der Waals surface area contributed by atoms with Gasteiger partial charge in [0.1, 0.15) is 11.5 Å². The molecule has 3 heteroatoms. The lowest BCUT2D eigenvalue weighted by Crippen LogP contribution is -2.32. The van der Waals surface area contributed by atoms with Crippen LogP contribution in [0.15, 0.2) is 24.3 Å². The summed E-state index contributed by atoms with van der Waals surface area (Å²) in [6.45, 7) is 3.84. The van der Waals surface area contributed by atoms with Gasteiger partial charge in [0, 0.05) is 36.8 Å². The van der Waals surface area contributed by atoms with Crippen molar-refractivity contribution in [2.24, 2.45) is 0 Å². The molecule has 0 radical (unpaired) electrons. The SMILES string of the molecule is COC1(C)Cc2c(C)c(O)c3ccccc3c2O1. The molecule has 0 saturated carbocycles. The van der Waals surface area contributed by atoms with E-state index < -0.39 is 5.79 Å². The second-order valence-electron chi connectivity index (χ2n) is 4.94. The van der Waals surface area contributed by atoms with Crippen molar-refractivity contribution < 1.29 is 14.6 Å². The summed E-state index contributed by atoms with van der Waals surface area (Å²) in [7, 11) is 1.64. The highest BCUT2D eigenvalue weighted by molar-refractivity contribution is 5.96. The van der Waals surface area contributed by atoms with E-state index in [0.29, 0.717) is 12.2 Å². The van der Waals surface area contributed by atoms with E-state index in [1.54, 1.807) is 7.11 Å². The van der Waals surface area contributed by atoms with Crippen LogP contribution in [-0.4, -0.2) is 18.0 Å². The predicted octanol–water partition coefficient (Wildman–Crippen LogP) is 3.15. The number of rotatable bonds is 1. The van der Waals surface area contributed by atoms with Crippen molar-refractivity contribution in [2.75, 3.05) is 7.11 Å². The zero-order valence-corrected chi connectivity index (χ0v) is 10.8. The van der Waals surface area contributed by atoms with Crippen molar-refractivity contribution in [1.29, 1.82) is 0 Å². The molecule has 1 aliphatic rings. The van der Waals surface area contributed by atoms with Crippen LogP contribution in [0.2, 0.25) is 0 Å². The zero-order chi connectivity index (χ0) is 12.9. The Bertz CT molecular complexity index is 633. The number of hydrogen-bond donors (Lipinski definition) is 1. The number of hydrogen-bond acceptors (Lipinski definition) is 3. The average molecular weight is 244 g/mol. The van der Waals surface area contributed by atoms with E-state index in [9.17, 15) is 5.11 Å². The monoisotopic (exact) mass is 244 g/mol. The molecule has 0 spiro atoms. The van der Waals surface area contributed by atoms with Gasteiger partial charge in [-0.05, 0) is 12.5 Å². The fraction of sp³-hybridized carbons (Fsp3) is 0.333. The molecule has 1 aliphatic heterocycles. The third-order valence-electron chi connectivity index (χ3n) is 3.76. The molecule has 1 N–H and O–H groups in total. The summed E-state index contributed by atoms with van der Waals surface area (Å²) in [5.74, 6) is 0.544. The largest absolute Gasteiger partial charge is 0.507 e. The number of fused-ring (bicyclic) bond motifs is 3. The molecule has 3 rings (SSSR count). The van der Waals surface area contributed by atoms with Gasteiger partial charge in [0.2, 0.25) is 5.79 Å². The Balaban J connectivity index is 2.34. The molecule has 0 aromatic heterocycles. The van der Waals surface area contributed by atoms with Gasteiger partial charge in [-0.2, -0.15) is 0 Å². The summed E-state index contributed by atoms with van der Waals surface area (Å²) < 4.78 is 11.4. The first kappa shape index (κ1) is 11.4. The molecule has 0 fully saturated rings. The fourth-order valence-corrected chi connectivity index (χ4v) is 2.58. The number of methoxy groups -OCH3 is 1. The molecule has 0 bridgehead atoms. The van der Waals surface area contributed by atoms with E-state index in [4.69, 9.17) is 9.47 Å². The molecule has 0 saturated heterocycles. The van der Waals surface area contributed by atoms with Gasteiger partial charge in [-0.15, -0.1) is 0 Å². The predicted molar refractivity (Wildman–Crippen MR) is 70.1 cm³/mol. The van der Waals surface area contributed by atoms with Gasteiger partial charge in [-0.1, -0.05) is 24.3 Å². The number of aromatic hydroxyl groups is 1. The Kier molecular flexibility index (Phi) is 2.29. The van der Waals surface area contributed by atoms with Crippen LogP contribution in [-0.2, 0) is 11.2 Å². The Morgan fingerprint density at radius 2 is 1.94 bits per heavy atom. The van der Waals surface area contributed by atoms with Crippen LogP contribution in [0.4, 0.5) is 0 Å². The van der Waals surface area contributed by atoms with E-state index in [2.05, 4.69) is 0 Å². The molecule has 94 valence electrons. The molecule has 1 heterocycles. The lowest BCUT2D eigenvalue weighted by molar-refractivity contribution is -0.133. The minimum Gasteiger partial charge on any atom is -0.507 e. The van der Waals surface area contributed by atoms with Gasteiger partial charge in [0.25, 0.3) is 0 Å². The summed E-state index contributed by atoms with van der Waals surface area (Å²) in [5, 5.41) is 12.0. The number of phenolic OH excluding ortho intramolecular Hbond substituents is 1. The maximum Gasteiger partial charge on any atom is 0.211 e. The quantitative estimate of drug-likeness (QED) is 0.837. The van der Waals surface area contributed by atoms with Crippen molar-refractivity contribution in [2.45, 2.75) is 26.1 Å². The molecule has 2 aromatic rings. The first-order valence-electron chi connectivity index (χ1n) is 6.03. The van der Waals surface area contributed by atoms with Crippen LogP contribution in [0, 0.1) is 6.92 Å². The summed E-state index contributed by atoms with van der Waals surface area (Å²) in [5.41, 5.74) is 1.92. The van der Waals surface area contributed by atoms with Crippen LogP contribution >= 0.6 is 0 Å². The first-order valence-corrected chi connectivity index (χ1v) is 6.03. The standard InChI is InChI=1S/C15H16O3/c1-9-12-8-15(2,17-3)18-14(12)11-7-5-4-6-10(11)13(9)16/h4-7,16H,8H2,1-3H3. The first-order chi connectivity index (χ1) is 8.56. The van der Waals surface area contributed by atoms with E-state index in [1.807, 2.05) is 38.1 Å². The smallest absolute Gasteiger partial charge is 0.211 e. The molecule has 0 aliphatic carbocycles. The Morgan fingerprint density at radius 3 is 2.61 bits per heavy atom. The van der Waals surface area contributed by atoms with E-state index in [0.717, 1.165) is 27.6 Å². The van der Waals surface area contributed by atoms with Crippen LogP contribution in [0.5, 0.6) is 11.5 Å². The summed E-state index contributed by atoms with van der Waals surface area (Å²) in [6.07, 6.45) is 0.656. The highest BCUT2D eigenvalue weighted by atomic mass is 16.7. The number of ether oxygens (including phenoxy) is 2. The van der Waals surface area contributed by atoms with Crippen molar-refractivity contribution in [3.63, 3.8) is 0 Å². The Morgan fingerprint density at radius 1 is 1.28 bits per heavy atom. The summed E-state index contributed by atoms with van der Waals surface area (Å²) in [4.78, 5) is 0. The lowest BCUT2D eigenvalue weighted by atomic mass is 9.97. The van der Waals surface area contributed by atoms with Crippen molar-refractivity contribution in [1.82, 2.24) is 0 Å². The minimum absolute atomic E-state index is 0.341. The van der Waals surface area contributed by atoms with Gasteiger partial charge < -0.3 is 14.6 Å². The molecular weight excluding hydrogens is 228 g/mol. The lowest BCUT2D eigenvalue weighted by Gasteiger charge is -2.21. The maximum atomic E-state index is 10.3.